The van der Waals surface area contributed by atoms with Crippen molar-refractivity contribution in [1.82, 2.24) is 4.90 Å². The molecule has 1 amide bonds. The summed E-state index contributed by atoms with van der Waals surface area (Å²) in [6.07, 6.45) is 2.78. The fourth-order valence-electron chi connectivity index (χ4n) is 2.41. The summed E-state index contributed by atoms with van der Waals surface area (Å²) in [4.78, 5) is 13.5. The Morgan fingerprint density at radius 1 is 1.45 bits per heavy atom. The van der Waals surface area contributed by atoms with Gasteiger partial charge in [-0.3, -0.25) is 0 Å². The smallest absolute Gasteiger partial charge is 0.411 e. The lowest BCUT2D eigenvalue weighted by Gasteiger charge is -2.32. The van der Waals surface area contributed by atoms with Crippen molar-refractivity contribution in [3.63, 3.8) is 0 Å². The SMILES string of the molecule is CC(Cl)OC(=O)N1CCC(=Cc2ccccc2)C(C)C1. The number of ether oxygens (including phenoxy) is 1. The molecule has 0 N–H and O–H groups in total. The van der Waals surface area contributed by atoms with E-state index in [1.165, 1.54) is 11.1 Å². The molecule has 0 aliphatic carbocycles. The van der Waals surface area contributed by atoms with Gasteiger partial charge in [-0.15, -0.1) is 0 Å². The van der Waals surface area contributed by atoms with Crippen LogP contribution in [0.4, 0.5) is 4.79 Å². The predicted octanol–water partition coefficient (Wildman–Crippen LogP) is 4.13. The Balaban J connectivity index is 1.99. The number of nitrogens with zero attached hydrogens (tertiary/aromatic N) is 1. The van der Waals surface area contributed by atoms with E-state index in [9.17, 15) is 4.79 Å². The minimum absolute atomic E-state index is 0.321. The standard InChI is InChI=1S/C16H20ClNO2/c1-12-11-18(16(19)20-13(2)17)9-8-15(12)10-14-6-4-3-5-7-14/h3-7,10,12-13H,8-9,11H2,1-2H3. The number of piperidine rings is 1. The van der Waals surface area contributed by atoms with E-state index in [1.807, 2.05) is 18.2 Å². The molecular formula is C16H20ClNO2. The van der Waals surface area contributed by atoms with Gasteiger partial charge in [-0.1, -0.05) is 60.5 Å². The number of carbonyl (C=O) groups is 1. The second-order valence-electron chi connectivity index (χ2n) is 5.15. The van der Waals surface area contributed by atoms with Crippen molar-refractivity contribution < 1.29 is 9.53 Å². The van der Waals surface area contributed by atoms with Gasteiger partial charge in [-0.05, 0) is 24.8 Å². The number of hydrogen-bond acceptors (Lipinski definition) is 2. The molecule has 108 valence electrons. The number of benzene rings is 1. The maximum Gasteiger partial charge on any atom is 0.411 e. The van der Waals surface area contributed by atoms with E-state index in [0.717, 1.165) is 6.42 Å². The van der Waals surface area contributed by atoms with Crippen molar-refractivity contribution in [2.45, 2.75) is 25.8 Å². The molecule has 3 nitrogen and oxygen atoms in total. The van der Waals surface area contributed by atoms with E-state index < -0.39 is 5.56 Å². The summed E-state index contributed by atoms with van der Waals surface area (Å²) < 4.78 is 5.02. The van der Waals surface area contributed by atoms with Crippen molar-refractivity contribution in [1.29, 1.82) is 0 Å². The van der Waals surface area contributed by atoms with Crippen LogP contribution in [-0.2, 0) is 4.74 Å². The van der Waals surface area contributed by atoms with Gasteiger partial charge in [0.25, 0.3) is 0 Å². The van der Waals surface area contributed by atoms with Crippen LogP contribution in [0.5, 0.6) is 0 Å². The van der Waals surface area contributed by atoms with Crippen LogP contribution in [0.3, 0.4) is 0 Å². The molecule has 0 saturated carbocycles. The second kappa shape index (κ2) is 6.80. The Morgan fingerprint density at radius 2 is 2.15 bits per heavy atom. The molecule has 20 heavy (non-hydrogen) atoms. The van der Waals surface area contributed by atoms with Crippen LogP contribution in [0.25, 0.3) is 6.08 Å². The van der Waals surface area contributed by atoms with Gasteiger partial charge in [0.1, 0.15) is 0 Å². The largest absolute Gasteiger partial charge is 0.430 e. The minimum Gasteiger partial charge on any atom is -0.430 e. The van der Waals surface area contributed by atoms with Crippen molar-refractivity contribution >= 4 is 23.8 Å². The Bertz CT molecular complexity index is 485. The minimum atomic E-state index is -0.584. The lowest BCUT2D eigenvalue weighted by Crippen LogP contribution is -2.41. The summed E-state index contributed by atoms with van der Waals surface area (Å²) in [7, 11) is 0. The Hall–Kier alpha value is -1.48. The predicted molar refractivity (Wildman–Crippen MR) is 81.6 cm³/mol. The van der Waals surface area contributed by atoms with Gasteiger partial charge in [0, 0.05) is 13.1 Å². The molecule has 0 spiro atoms. The van der Waals surface area contributed by atoms with Crippen LogP contribution >= 0.6 is 11.6 Å². The van der Waals surface area contributed by atoms with Crippen molar-refractivity contribution in [2.75, 3.05) is 13.1 Å². The molecule has 0 aromatic heterocycles. The molecule has 1 aromatic rings. The molecule has 2 unspecified atom stereocenters. The van der Waals surface area contributed by atoms with E-state index in [2.05, 4.69) is 25.1 Å². The average Bonchev–Trinajstić information content (AvgIpc) is 2.41. The zero-order valence-electron chi connectivity index (χ0n) is 11.9. The van der Waals surface area contributed by atoms with Gasteiger partial charge in [0.2, 0.25) is 0 Å². The van der Waals surface area contributed by atoms with Gasteiger partial charge in [-0.25, -0.2) is 4.79 Å². The zero-order valence-corrected chi connectivity index (χ0v) is 12.6. The molecule has 1 aromatic carbocycles. The van der Waals surface area contributed by atoms with Gasteiger partial charge in [0.05, 0.1) is 0 Å². The molecule has 2 rings (SSSR count). The molecular weight excluding hydrogens is 274 g/mol. The molecule has 0 bridgehead atoms. The summed E-state index contributed by atoms with van der Waals surface area (Å²) in [5.41, 5.74) is 2.00. The van der Waals surface area contributed by atoms with Gasteiger partial charge in [-0.2, -0.15) is 0 Å². The fraction of sp³-hybridized carbons (Fsp3) is 0.438. The molecule has 1 fully saturated rings. The van der Waals surface area contributed by atoms with E-state index >= 15 is 0 Å². The first-order valence-corrected chi connectivity index (χ1v) is 7.35. The summed E-state index contributed by atoms with van der Waals surface area (Å²) in [5.74, 6) is 0.335. The number of halogens is 1. The Morgan fingerprint density at radius 3 is 2.75 bits per heavy atom. The van der Waals surface area contributed by atoms with Crippen LogP contribution in [0, 0.1) is 5.92 Å². The average molecular weight is 294 g/mol. The molecule has 1 heterocycles. The Kier molecular flexibility index (Phi) is 5.07. The van der Waals surface area contributed by atoms with E-state index in [0.29, 0.717) is 19.0 Å². The molecule has 1 saturated heterocycles. The highest BCUT2D eigenvalue weighted by Gasteiger charge is 2.25. The lowest BCUT2D eigenvalue weighted by atomic mass is 9.92. The lowest BCUT2D eigenvalue weighted by molar-refractivity contribution is 0.0878. The summed E-state index contributed by atoms with van der Waals surface area (Å²) in [6.45, 7) is 5.15. The topological polar surface area (TPSA) is 29.5 Å². The van der Waals surface area contributed by atoms with Gasteiger partial charge < -0.3 is 9.64 Å². The monoisotopic (exact) mass is 293 g/mol. The first-order valence-electron chi connectivity index (χ1n) is 6.91. The molecule has 1 aliphatic rings. The maximum atomic E-state index is 11.8. The number of hydrogen-bond donors (Lipinski definition) is 0. The van der Waals surface area contributed by atoms with E-state index in [-0.39, 0.29) is 6.09 Å². The molecule has 1 aliphatic heterocycles. The third-order valence-electron chi connectivity index (χ3n) is 3.47. The van der Waals surface area contributed by atoms with Gasteiger partial charge >= 0.3 is 6.09 Å². The van der Waals surface area contributed by atoms with Crippen LogP contribution in [0.15, 0.2) is 35.9 Å². The summed E-state index contributed by atoms with van der Waals surface area (Å²) >= 11 is 5.68. The van der Waals surface area contributed by atoms with Crippen molar-refractivity contribution in [3.05, 3.63) is 41.5 Å². The van der Waals surface area contributed by atoms with Crippen molar-refractivity contribution in [2.24, 2.45) is 5.92 Å². The maximum absolute atomic E-state index is 11.8. The Labute approximate surface area is 125 Å². The van der Waals surface area contributed by atoms with Crippen LogP contribution in [0.1, 0.15) is 25.8 Å². The van der Waals surface area contributed by atoms with E-state index in [1.54, 1.807) is 11.8 Å². The number of likely N-dealkylation sites (tertiary alicyclic amines) is 1. The first kappa shape index (κ1) is 14.9. The highest BCUT2D eigenvalue weighted by atomic mass is 35.5. The summed E-state index contributed by atoms with van der Waals surface area (Å²) in [5, 5.41) is 0. The van der Waals surface area contributed by atoms with Crippen molar-refractivity contribution in [3.8, 4) is 0 Å². The van der Waals surface area contributed by atoms with E-state index in [4.69, 9.17) is 16.3 Å². The molecule has 0 radical (unpaired) electrons. The van der Waals surface area contributed by atoms with Gasteiger partial charge in [0.15, 0.2) is 5.56 Å². The van der Waals surface area contributed by atoms with Crippen LogP contribution in [0.2, 0.25) is 0 Å². The fourth-order valence-corrected chi connectivity index (χ4v) is 2.48. The zero-order chi connectivity index (χ0) is 14.5. The first-order chi connectivity index (χ1) is 9.56. The number of alkyl halides is 1. The van der Waals surface area contributed by atoms with Crippen LogP contribution in [-0.4, -0.2) is 29.6 Å². The molecule has 4 heteroatoms. The highest BCUT2D eigenvalue weighted by molar-refractivity contribution is 6.19. The summed E-state index contributed by atoms with van der Waals surface area (Å²) in [6, 6.07) is 10.3. The second-order valence-corrected chi connectivity index (χ2v) is 5.77. The third-order valence-corrected chi connectivity index (χ3v) is 3.56. The highest BCUT2D eigenvalue weighted by Crippen LogP contribution is 2.25. The number of carbonyl (C=O) groups excluding carboxylic acids is 1. The normalized spacial score (nSPS) is 22.6. The molecule has 2 atom stereocenters. The number of amides is 1. The number of rotatable bonds is 2. The quantitative estimate of drug-likeness (QED) is 0.767. The third kappa shape index (κ3) is 4.01. The van der Waals surface area contributed by atoms with Crippen LogP contribution < -0.4 is 0 Å².